The second-order valence-electron chi connectivity index (χ2n) is 4.51. The molecule has 19 heavy (non-hydrogen) atoms. The number of aliphatic imine (C=N–C) groups is 1. The Balaban J connectivity index is 0.00000324. The van der Waals surface area contributed by atoms with Gasteiger partial charge in [-0.15, -0.1) is 35.3 Å². The van der Waals surface area contributed by atoms with Crippen LogP contribution in [0.1, 0.15) is 36.3 Å². The number of aromatic nitrogens is 1. The monoisotopic (exact) mass is 396 g/mol. The van der Waals surface area contributed by atoms with Crippen molar-refractivity contribution in [3.63, 3.8) is 0 Å². The van der Waals surface area contributed by atoms with Crippen LogP contribution in [0.4, 0.5) is 0 Å². The molecular weight excluding hydrogens is 371 g/mol. The molecule has 0 aliphatic carbocycles. The van der Waals surface area contributed by atoms with Crippen LogP contribution >= 0.6 is 35.3 Å². The minimum absolute atomic E-state index is 0. The molecule has 110 valence electrons. The summed E-state index contributed by atoms with van der Waals surface area (Å²) in [6.45, 7) is 9.36. The van der Waals surface area contributed by atoms with Crippen molar-refractivity contribution in [1.82, 2.24) is 15.6 Å². The Morgan fingerprint density at radius 2 is 2.11 bits per heavy atom. The predicted molar refractivity (Wildman–Crippen MR) is 95.0 cm³/mol. The highest BCUT2D eigenvalue weighted by molar-refractivity contribution is 14.0. The number of rotatable bonds is 5. The first-order valence-electron chi connectivity index (χ1n) is 6.49. The molecule has 0 bridgehead atoms. The van der Waals surface area contributed by atoms with Gasteiger partial charge in [-0.2, -0.15) is 0 Å². The van der Waals surface area contributed by atoms with Gasteiger partial charge in [0.05, 0.1) is 10.7 Å². The van der Waals surface area contributed by atoms with Crippen LogP contribution in [0.25, 0.3) is 0 Å². The standard InChI is InChI=1S/C13H24N4S.HI/c1-6-11-10(4)18-12(17-11)7-8-15-13(14-5)16-9(2)3;/h9H,6-8H2,1-5H3,(H2,14,15,16);1H. The molecule has 0 fully saturated rings. The molecule has 4 nitrogen and oxygen atoms in total. The molecule has 0 saturated carbocycles. The largest absolute Gasteiger partial charge is 0.356 e. The fourth-order valence-electron chi connectivity index (χ4n) is 1.68. The molecule has 0 aliphatic rings. The van der Waals surface area contributed by atoms with Crippen molar-refractivity contribution in [3.05, 3.63) is 15.6 Å². The Bertz CT molecular complexity index is 401. The third kappa shape index (κ3) is 6.56. The van der Waals surface area contributed by atoms with Gasteiger partial charge in [-0.05, 0) is 27.2 Å². The topological polar surface area (TPSA) is 49.3 Å². The number of aryl methyl sites for hydroxylation is 2. The Kier molecular flexibility index (Phi) is 9.34. The molecule has 0 amide bonds. The van der Waals surface area contributed by atoms with Crippen LogP contribution < -0.4 is 10.6 Å². The van der Waals surface area contributed by atoms with Crippen molar-refractivity contribution >= 4 is 41.3 Å². The van der Waals surface area contributed by atoms with E-state index in [0.717, 1.165) is 25.3 Å². The van der Waals surface area contributed by atoms with E-state index < -0.39 is 0 Å². The summed E-state index contributed by atoms with van der Waals surface area (Å²) in [5.74, 6) is 0.856. The number of thiazole rings is 1. The molecule has 0 spiro atoms. The molecule has 1 aromatic heterocycles. The van der Waals surface area contributed by atoms with E-state index in [1.54, 1.807) is 18.4 Å². The molecule has 0 atom stereocenters. The first kappa shape index (κ1) is 18.6. The number of guanidine groups is 1. The molecule has 2 N–H and O–H groups in total. The highest BCUT2D eigenvalue weighted by atomic mass is 127. The van der Waals surface area contributed by atoms with Gasteiger partial charge in [0, 0.05) is 30.9 Å². The van der Waals surface area contributed by atoms with Gasteiger partial charge in [0.25, 0.3) is 0 Å². The molecule has 0 aromatic carbocycles. The van der Waals surface area contributed by atoms with Gasteiger partial charge in [0.15, 0.2) is 5.96 Å². The van der Waals surface area contributed by atoms with Crippen molar-refractivity contribution in [2.45, 2.75) is 46.6 Å². The average Bonchev–Trinajstić information content (AvgIpc) is 2.68. The lowest BCUT2D eigenvalue weighted by Crippen LogP contribution is -2.41. The van der Waals surface area contributed by atoms with E-state index in [-0.39, 0.29) is 24.0 Å². The zero-order valence-electron chi connectivity index (χ0n) is 12.4. The fourth-order valence-corrected chi connectivity index (χ4v) is 2.70. The van der Waals surface area contributed by atoms with E-state index in [2.05, 4.69) is 48.3 Å². The third-order valence-electron chi connectivity index (χ3n) is 2.55. The molecular formula is C13H25IN4S. The minimum atomic E-state index is 0. The normalized spacial score (nSPS) is 11.4. The number of nitrogens with zero attached hydrogens (tertiary/aromatic N) is 2. The van der Waals surface area contributed by atoms with Gasteiger partial charge in [0.2, 0.25) is 0 Å². The number of hydrogen-bond donors (Lipinski definition) is 2. The summed E-state index contributed by atoms with van der Waals surface area (Å²) in [6.07, 6.45) is 1.97. The van der Waals surface area contributed by atoms with Gasteiger partial charge in [-0.25, -0.2) is 4.98 Å². The molecule has 1 heterocycles. The summed E-state index contributed by atoms with van der Waals surface area (Å²) >= 11 is 1.80. The van der Waals surface area contributed by atoms with E-state index in [1.807, 2.05) is 0 Å². The summed E-state index contributed by atoms with van der Waals surface area (Å²) in [6, 6.07) is 0.394. The van der Waals surface area contributed by atoms with E-state index >= 15 is 0 Å². The third-order valence-corrected chi connectivity index (χ3v) is 3.63. The average molecular weight is 396 g/mol. The zero-order chi connectivity index (χ0) is 13.5. The Hall–Kier alpha value is -0.370. The van der Waals surface area contributed by atoms with Crippen molar-refractivity contribution in [2.24, 2.45) is 4.99 Å². The smallest absolute Gasteiger partial charge is 0.191 e. The molecule has 0 radical (unpaired) electrons. The maximum atomic E-state index is 4.63. The molecule has 1 rings (SSSR count). The van der Waals surface area contributed by atoms with Gasteiger partial charge >= 0.3 is 0 Å². The lowest BCUT2D eigenvalue weighted by atomic mass is 10.3. The zero-order valence-corrected chi connectivity index (χ0v) is 15.6. The summed E-state index contributed by atoms with van der Waals surface area (Å²) in [5, 5.41) is 7.77. The van der Waals surface area contributed by atoms with Crippen LogP contribution in [0.3, 0.4) is 0 Å². The van der Waals surface area contributed by atoms with Gasteiger partial charge < -0.3 is 10.6 Å². The molecule has 6 heteroatoms. The summed E-state index contributed by atoms with van der Waals surface area (Å²) < 4.78 is 0. The number of halogens is 1. The van der Waals surface area contributed by atoms with Crippen molar-refractivity contribution in [3.8, 4) is 0 Å². The van der Waals surface area contributed by atoms with Crippen LogP contribution in [-0.2, 0) is 12.8 Å². The predicted octanol–water partition coefficient (Wildman–Crippen LogP) is 2.75. The van der Waals surface area contributed by atoms with Crippen molar-refractivity contribution in [2.75, 3.05) is 13.6 Å². The molecule has 0 saturated heterocycles. The second kappa shape index (κ2) is 9.52. The van der Waals surface area contributed by atoms with E-state index in [1.165, 1.54) is 15.6 Å². The van der Waals surface area contributed by atoms with Gasteiger partial charge in [0.1, 0.15) is 0 Å². The Labute approximate surface area is 137 Å². The summed E-state index contributed by atoms with van der Waals surface area (Å²) in [7, 11) is 1.79. The van der Waals surface area contributed by atoms with E-state index in [0.29, 0.717) is 6.04 Å². The van der Waals surface area contributed by atoms with Gasteiger partial charge in [-0.3, -0.25) is 4.99 Å². The lowest BCUT2D eigenvalue weighted by molar-refractivity contribution is 0.697. The van der Waals surface area contributed by atoms with E-state index in [4.69, 9.17) is 0 Å². The van der Waals surface area contributed by atoms with Crippen molar-refractivity contribution in [1.29, 1.82) is 0 Å². The highest BCUT2D eigenvalue weighted by Gasteiger charge is 2.06. The van der Waals surface area contributed by atoms with Crippen LogP contribution in [-0.4, -0.2) is 30.6 Å². The first-order valence-corrected chi connectivity index (χ1v) is 7.30. The van der Waals surface area contributed by atoms with E-state index in [9.17, 15) is 0 Å². The van der Waals surface area contributed by atoms with Gasteiger partial charge in [-0.1, -0.05) is 6.92 Å². The maximum absolute atomic E-state index is 4.63. The SMILES string of the molecule is CCc1nc(CCNC(=NC)NC(C)C)sc1C.I. The quantitative estimate of drug-likeness (QED) is 0.457. The summed E-state index contributed by atoms with van der Waals surface area (Å²) in [5.41, 5.74) is 1.24. The molecule has 0 aliphatic heterocycles. The minimum Gasteiger partial charge on any atom is -0.356 e. The molecule has 1 aromatic rings. The Morgan fingerprint density at radius 3 is 2.58 bits per heavy atom. The van der Waals surface area contributed by atoms with Crippen LogP contribution in [0, 0.1) is 6.92 Å². The fraction of sp³-hybridized carbons (Fsp3) is 0.692. The van der Waals surface area contributed by atoms with Crippen LogP contribution in [0.5, 0.6) is 0 Å². The number of nitrogens with one attached hydrogen (secondary N) is 2. The first-order chi connectivity index (χ1) is 8.56. The summed E-state index contributed by atoms with van der Waals surface area (Å²) in [4.78, 5) is 10.2. The highest BCUT2D eigenvalue weighted by Crippen LogP contribution is 2.17. The maximum Gasteiger partial charge on any atom is 0.191 e. The van der Waals surface area contributed by atoms with Crippen LogP contribution in [0.2, 0.25) is 0 Å². The van der Waals surface area contributed by atoms with Crippen molar-refractivity contribution < 1.29 is 0 Å². The second-order valence-corrected chi connectivity index (χ2v) is 5.80. The Morgan fingerprint density at radius 1 is 1.42 bits per heavy atom. The molecule has 0 unspecified atom stereocenters. The lowest BCUT2D eigenvalue weighted by Gasteiger charge is -2.13. The number of hydrogen-bond acceptors (Lipinski definition) is 3. The van der Waals surface area contributed by atoms with Crippen LogP contribution in [0.15, 0.2) is 4.99 Å².